The highest BCUT2D eigenvalue weighted by Gasteiger charge is 2.25. The van der Waals surface area contributed by atoms with Crippen LogP contribution in [0.4, 0.5) is 0 Å². The standard InChI is InChI=1S/C15H12OS/c16-15-12-8-4-5-9-13(12)17-14(15)10-11-6-2-1-3-7-11/h1-10,15-16H/b14-10-. The van der Waals surface area contributed by atoms with Crippen molar-refractivity contribution >= 4 is 17.8 Å². The Morgan fingerprint density at radius 3 is 2.41 bits per heavy atom. The van der Waals surface area contributed by atoms with Crippen molar-refractivity contribution in [3.8, 4) is 0 Å². The molecule has 0 bridgehead atoms. The summed E-state index contributed by atoms with van der Waals surface area (Å²) in [7, 11) is 0. The molecule has 0 saturated heterocycles. The van der Waals surface area contributed by atoms with Gasteiger partial charge in [-0.3, -0.25) is 0 Å². The van der Waals surface area contributed by atoms with Crippen LogP contribution in [-0.4, -0.2) is 5.11 Å². The van der Waals surface area contributed by atoms with Crippen molar-refractivity contribution in [2.75, 3.05) is 0 Å². The Morgan fingerprint density at radius 2 is 1.65 bits per heavy atom. The Bertz CT molecular complexity index is 560. The smallest absolute Gasteiger partial charge is 0.111 e. The zero-order chi connectivity index (χ0) is 11.7. The molecule has 0 aliphatic carbocycles. The van der Waals surface area contributed by atoms with Crippen molar-refractivity contribution in [3.63, 3.8) is 0 Å². The summed E-state index contributed by atoms with van der Waals surface area (Å²) in [6, 6.07) is 18.1. The third-order valence-corrected chi connectivity index (χ3v) is 3.99. The van der Waals surface area contributed by atoms with E-state index in [9.17, 15) is 5.11 Å². The van der Waals surface area contributed by atoms with Gasteiger partial charge in [-0.1, -0.05) is 60.3 Å². The van der Waals surface area contributed by atoms with Crippen LogP contribution < -0.4 is 0 Å². The lowest BCUT2D eigenvalue weighted by Crippen LogP contribution is -1.92. The molecule has 2 aromatic rings. The van der Waals surface area contributed by atoms with Gasteiger partial charge in [-0.15, -0.1) is 0 Å². The molecule has 1 N–H and O–H groups in total. The molecule has 1 aliphatic heterocycles. The fraction of sp³-hybridized carbons (Fsp3) is 0.0667. The molecular formula is C15H12OS. The molecule has 1 nitrogen and oxygen atoms in total. The fourth-order valence-electron chi connectivity index (χ4n) is 1.96. The van der Waals surface area contributed by atoms with E-state index in [1.165, 1.54) is 0 Å². The van der Waals surface area contributed by atoms with Gasteiger partial charge in [0, 0.05) is 9.80 Å². The molecule has 1 heterocycles. The maximum atomic E-state index is 10.2. The Balaban J connectivity index is 1.97. The molecule has 0 fully saturated rings. The van der Waals surface area contributed by atoms with Gasteiger partial charge in [-0.25, -0.2) is 0 Å². The largest absolute Gasteiger partial charge is 0.383 e. The first-order valence-electron chi connectivity index (χ1n) is 5.56. The summed E-state index contributed by atoms with van der Waals surface area (Å²) in [5, 5.41) is 10.2. The monoisotopic (exact) mass is 240 g/mol. The SMILES string of the molecule is OC1/C(=C/c2ccccc2)Sc2ccccc21. The van der Waals surface area contributed by atoms with Gasteiger partial charge in [-0.2, -0.15) is 0 Å². The second-order valence-corrected chi connectivity index (χ2v) is 5.12. The van der Waals surface area contributed by atoms with Gasteiger partial charge in [0.25, 0.3) is 0 Å². The summed E-state index contributed by atoms with van der Waals surface area (Å²) in [5.74, 6) is 0. The van der Waals surface area contributed by atoms with Crippen molar-refractivity contribution < 1.29 is 5.11 Å². The Kier molecular flexibility index (Phi) is 2.75. The minimum Gasteiger partial charge on any atom is -0.383 e. The molecular weight excluding hydrogens is 228 g/mol. The summed E-state index contributed by atoms with van der Waals surface area (Å²) < 4.78 is 0. The minimum absolute atomic E-state index is 0.476. The predicted octanol–water partition coefficient (Wildman–Crippen LogP) is 3.87. The average Bonchev–Trinajstić information content (AvgIpc) is 2.68. The van der Waals surface area contributed by atoms with Crippen LogP contribution in [0.25, 0.3) is 6.08 Å². The Labute approximate surface area is 105 Å². The zero-order valence-corrected chi connectivity index (χ0v) is 10.0. The molecule has 17 heavy (non-hydrogen) atoms. The van der Waals surface area contributed by atoms with Gasteiger partial charge < -0.3 is 5.11 Å². The van der Waals surface area contributed by atoms with Crippen molar-refractivity contribution in [2.24, 2.45) is 0 Å². The Morgan fingerprint density at radius 1 is 0.941 bits per heavy atom. The predicted molar refractivity (Wildman–Crippen MR) is 71.7 cm³/mol. The van der Waals surface area contributed by atoms with E-state index < -0.39 is 6.10 Å². The first-order chi connectivity index (χ1) is 8.34. The van der Waals surface area contributed by atoms with Crippen molar-refractivity contribution in [1.82, 2.24) is 0 Å². The second kappa shape index (κ2) is 4.40. The number of aliphatic hydroxyl groups excluding tert-OH is 1. The molecule has 0 saturated carbocycles. The summed E-state index contributed by atoms with van der Waals surface area (Å²) in [5.41, 5.74) is 2.14. The molecule has 0 amide bonds. The van der Waals surface area contributed by atoms with E-state index in [1.807, 2.05) is 48.5 Å². The van der Waals surface area contributed by atoms with E-state index in [-0.39, 0.29) is 0 Å². The summed E-state index contributed by atoms with van der Waals surface area (Å²) in [6.07, 6.45) is 1.58. The second-order valence-electron chi connectivity index (χ2n) is 4.00. The number of fused-ring (bicyclic) bond motifs is 1. The van der Waals surface area contributed by atoms with Crippen LogP contribution in [0.15, 0.2) is 64.4 Å². The number of aliphatic hydroxyl groups is 1. The molecule has 1 aliphatic rings. The van der Waals surface area contributed by atoms with Crippen LogP contribution in [0.2, 0.25) is 0 Å². The fourth-order valence-corrected chi connectivity index (χ4v) is 3.09. The molecule has 0 radical (unpaired) electrons. The molecule has 3 rings (SSSR count). The van der Waals surface area contributed by atoms with Gasteiger partial charge in [0.15, 0.2) is 0 Å². The highest BCUT2D eigenvalue weighted by Crippen LogP contribution is 2.47. The van der Waals surface area contributed by atoms with E-state index in [2.05, 4.69) is 12.1 Å². The molecule has 2 aromatic carbocycles. The Hall–Kier alpha value is -1.51. The molecule has 2 heteroatoms. The van der Waals surface area contributed by atoms with Crippen molar-refractivity contribution in [2.45, 2.75) is 11.0 Å². The maximum Gasteiger partial charge on any atom is 0.111 e. The lowest BCUT2D eigenvalue weighted by atomic mass is 10.1. The van der Waals surface area contributed by atoms with Gasteiger partial charge >= 0.3 is 0 Å². The highest BCUT2D eigenvalue weighted by atomic mass is 32.2. The molecule has 84 valence electrons. The third kappa shape index (κ3) is 2.02. The van der Waals surface area contributed by atoms with Crippen LogP contribution in [0.5, 0.6) is 0 Å². The topological polar surface area (TPSA) is 20.2 Å². The van der Waals surface area contributed by atoms with E-state index in [0.29, 0.717) is 0 Å². The van der Waals surface area contributed by atoms with Crippen LogP contribution >= 0.6 is 11.8 Å². The molecule has 0 spiro atoms. The van der Waals surface area contributed by atoms with Crippen molar-refractivity contribution in [1.29, 1.82) is 0 Å². The first-order valence-corrected chi connectivity index (χ1v) is 6.38. The summed E-state index contributed by atoms with van der Waals surface area (Å²) in [4.78, 5) is 2.15. The van der Waals surface area contributed by atoms with Gasteiger partial charge in [0.05, 0.1) is 0 Å². The van der Waals surface area contributed by atoms with E-state index in [0.717, 1.165) is 20.9 Å². The van der Waals surface area contributed by atoms with Crippen LogP contribution in [0, 0.1) is 0 Å². The van der Waals surface area contributed by atoms with E-state index in [1.54, 1.807) is 11.8 Å². The molecule has 0 aromatic heterocycles. The first kappa shape index (κ1) is 10.6. The van der Waals surface area contributed by atoms with Gasteiger partial charge in [0.2, 0.25) is 0 Å². The maximum absolute atomic E-state index is 10.2. The zero-order valence-electron chi connectivity index (χ0n) is 9.21. The lowest BCUT2D eigenvalue weighted by Gasteiger charge is -2.04. The minimum atomic E-state index is -0.476. The van der Waals surface area contributed by atoms with Crippen LogP contribution in [0.3, 0.4) is 0 Å². The van der Waals surface area contributed by atoms with Gasteiger partial charge in [0.1, 0.15) is 6.10 Å². The van der Waals surface area contributed by atoms with Crippen LogP contribution in [0.1, 0.15) is 17.2 Å². The normalized spacial score (nSPS) is 20.5. The molecule has 1 unspecified atom stereocenters. The van der Waals surface area contributed by atoms with E-state index >= 15 is 0 Å². The molecule has 1 atom stereocenters. The average molecular weight is 240 g/mol. The number of hydrogen-bond acceptors (Lipinski definition) is 2. The summed E-state index contributed by atoms with van der Waals surface area (Å²) >= 11 is 1.65. The highest BCUT2D eigenvalue weighted by molar-refractivity contribution is 8.03. The van der Waals surface area contributed by atoms with Crippen molar-refractivity contribution in [3.05, 3.63) is 70.6 Å². The third-order valence-electron chi connectivity index (χ3n) is 2.82. The van der Waals surface area contributed by atoms with E-state index in [4.69, 9.17) is 0 Å². The quantitative estimate of drug-likeness (QED) is 0.816. The number of thioether (sulfide) groups is 1. The lowest BCUT2D eigenvalue weighted by molar-refractivity contribution is 0.226. The van der Waals surface area contributed by atoms with Crippen LogP contribution in [-0.2, 0) is 0 Å². The number of rotatable bonds is 1. The summed E-state index contributed by atoms with van der Waals surface area (Å²) in [6.45, 7) is 0. The number of hydrogen-bond donors (Lipinski definition) is 1. The van der Waals surface area contributed by atoms with Gasteiger partial charge in [-0.05, 0) is 23.3 Å². The number of benzene rings is 2.